The number of ether oxygens (including phenoxy) is 1. The van der Waals surface area contributed by atoms with E-state index in [4.69, 9.17) is 9.84 Å². The fourth-order valence-corrected chi connectivity index (χ4v) is 4.82. The molecule has 0 spiro atoms. The lowest BCUT2D eigenvalue weighted by atomic mass is 9.97. The Morgan fingerprint density at radius 2 is 1.94 bits per heavy atom. The van der Waals surface area contributed by atoms with Gasteiger partial charge < -0.3 is 14.5 Å². The van der Waals surface area contributed by atoms with Gasteiger partial charge in [-0.05, 0) is 55.2 Å². The zero-order chi connectivity index (χ0) is 24.0. The van der Waals surface area contributed by atoms with Gasteiger partial charge in [-0.2, -0.15) is 10.4 Å². The Kier molecular flexibility index (Phi) is 5.42. The van der Waals surface area contributed by atoms with E-state index >= 15 is 0 Å². The number of methoxy groups -OCH3 is 1. The molecule has 34 heavy (non-hydrogen) atoms. The average molecular weight is 456 g/mol. The van der Waals surface area contributed by atoms with Crippen molar-refractivity contribution in [3.63, 3.8) is 0 Å². The van der Waals surface area contributed by atoms with Crippen LogP contribution in [0, 0.1) is 18.3 Å². The summed E-state index contributed by atoms with van der Waals surface area (Å²) in [5, 5.41) is 14.2. The summed E-state index contributed by atoms with van der Waals surface area (Å²) in [5.74, 6) is -0.209. The van der Waals surface area contributed by atoms with Gasteiger partial charge in [0.15, 0.2) is 0 Å². The molecule has 8 heteroatoms. The van der Waals surface area contributed by atoms with E-state index < -0.39 is 0 Å². The largest absolute Gasteiger partial charge is 0.378 e. The van der Waals surface area contributed by atoms with E-state index in [2.05, 4.69) is 6.07 Å². The zero-order valence-corrected chi connectivity index (χ0v) is 19.5. The first-order chi connectivity index (χ1) is 16.4. The van der Waals surface area contributed by atoms with E-state index in [9.17, 15) is 14.9 Å². The summed E-state index contributed by atoms with van der Waals surface area (Å²) in [6.07, 6.45) is 1.42. The molecule has 0 fully saturated rings. The summed E-state index contributed by atoms with van der Waals surface area (Å²) in [4.78, 5) is 30.0. The Morgan fingerprint density at radius 1 is 1.12 bits per heavy atom. The number of fused-ring (bicyclic) bond motifs is 2. The van der Waals surface area contributed by atoms with Crippen LogP contribution in [-0.2, 0) is 24.2 Å². The molecule has 0 radical (unpaired) electrons. The second-order valence-corrected chi connectivity index (χ2v) is 8.71. The molecular formula is C26H25N5O3. The molecule has 2 aromatic carbocycles. The van der Waals surface area contributed by atoms with Crippen LogP contribution in [0.1, 0.15) is 48.8 Å². The van der Waals surface area contributed by atoms with Crippen LogP contribution < -0.4 is 4.90 Å². The van der Waals surface area contributed by atoms with Crippen LogP contribution in [0.25, 0.3) is 5.69 Å². The lowest BCUT2D eigenvalue weighted by molar-refractivity contribution is 0.0780. The Balaban J connectivity index is 1.61. The molecule has 0 bridgehead atoms. The minimum absolute atomic E-state index is 0.0235. The Bertz CT molecular complexity index is 1370. The van der Waals surface area contributed by atoms with Gasteiger partial charge in [0.2, 0.25) is 0 Å². The van der Waals surface area contributed by atoms with Gasteiger partial charge in [0.05, 0.1) is 29.6 Å². The molecule has 3 aromatic rings. The van der Waals surface area contributed by atoms with E-state index in [0.29, 0.717) is 54.3 Å². The number of nitrogens with zero attached hydrogens (tertiary/aromatic N) is 5. The average Bonchev–Trinajstić information content (AvgIpc) is 3.21. The quantitative estimate of drug-likeness (QED) is 0.603. The molecule has 2 aliphatic rings. The normalized spacial score (nSPS) is 15.2. The predicted octanol–water partition coefficient (Wildman–Crippen LogP) is 3.03. The topological polar surface area (TPSA) is 91.5 Å². The van der Waals surface area contributed by atoms with Crippen LogP contribution >= 0.6 is 0 Å². The van der Waals surface area contributed by atoms with Gasteiger partial charge in [-0.25, -0.2) is 4.68 Å². The van der Waals surface area contributed by atoms with Crippen LogP contribution in [0.2, 0.25) is 0 Å². The number of rotatable bonds is 4. The number of carbonyl (C=O) groups is 2. The number of hydrogen-bond donors (Lipinski definition) is 0. The molecule has 3 heterocycles. The number of aromatic nitrogens is 2. The minimum Gasteiger partial charge on any atom is -0.378 e. The monoisotopic (exact) mass is 455 g/mol. The molecule has 0 saturated carbocycles. The second kappa shape index (κ2) is 8.43. The van der Waals surface area contributed by atoms with E-state index in [0.717, 1.165) is 28.8 Å². The first-order valence-electron chi connectivity index (χ1n) is 11.2. The zero-order valence-electron chi connectivity index (χ0n) is 19.5. The van der Waals surface area contributed by atoms with Gasteiger partial charge in [0.25, 0.3) is 11.8 Å². The third-order valence-corrected chi connectivity index (χ3v) is 6.73. The molecule has 172 valence electrons. The van der Waals surface area contributed by atoms with Crippen molar-refractivity contribution in [3.05, 3.63) is 75.6 Å². The highest BCUT2D eigenvalue weighted by Gasteiger charge is 2.34. The highest BCUT2D eigenvalue weighted by atomic mass is 16.5. The fourth-order valence-electron chi connectivity index (χ4n) is 4.82. The molecule has 2 aliphatic heterocycles. The van der Waals surface area contributed by atoms with Crippen LogP contribution in [-0.4, -0.2) is 53.7 Å². The molecule has 0 atom stereocenters. The molecule has 1 aromatic heterocycles. The van der Waals surface area contributed by atoms with Crippen LogP contribution in [0.4, 0.5) is 5.69 Å². The van der Waals surface area contributed by atoms with Crippen molar-refractivity contribution in [2.24, 2.45) is 0 Å². The first-order valence-corrected chi connectivity index (χ1v) is 11.2. The minimum atomic E-state index is -0.186. The molecule has 8 nitrogen and oxygen atoms in total. The predicted molar refractivity (Wildman–Crippen MR) is 126 cm³/mol. The van der Waals surface area contributed by atoms with Gasteiger partial charge in [-0.15, -0.1) is 0 Å². The summed E-state index contributed by atoms with van der Waals surface area (Å²) < 4.78 is 7.00. The number of amides is 2. The molecule has 0 unspecified atom stereocenters. The van der Waals surface area contributed by atoms with Crippen molar-refractivity contribution in [1.82, 2.24) is 14.7 Å². The van der Waals surface area contributed by atoms with Gasteiger partial charge in [-0.3, -0.25) is 9.59 Å². The van der Waals surface area contributed by atoms with E-state index in [1.54, 1.807) is 40.8 Å². The Morgan fingerprint density at radius 3 is 2.71 bits per heavy atom. The van der Waals surface area contributed by atoms with E-state index in [-0.39, 0.29) is 11.8 Å². The number of nitriles is 1. The summed E-state index contributed by atoms with van der Waals surface area (Å²) >= 11 is 0. The van der Waals surface area contributed by atoms with E-state index in [1.165, 1.54) is 0 Å². The van der Waals surface area contributed by atoms with Gasteiger partial charge in [-0.1, -0.05) is 12.1 Å². The number of likely N-dealkylation sites (N-methyl/N-ethyl adjacent to an activating group) is 1. The van der Waals surface area contributed by atoms with Crippen LogP contribution in [0.15, 0.2) is 36.4 Å². The van der Waals surface area contributed by atoms with Crippen molar-refractivity contribution in [2.45, 2.75) is 26.4 Å². The van der Waals surface area contributed by atoms with E-state index in [1.807, 2.05) is 31.2 Å². The van der Waals surface area contributed by atoms with Crippen molar-refractivity contribution in [3.8, 4) is 11.8 Å². The standard InChI is InChI=1S/C26H25N5O3/c1-16-18(14-27)5-4-6-23(16)31-24-20(22(28-31)15-34-3)10-12-30(26(24)33)19-8-7-17-9-11-29(2)25(32)21(17)13-19/h4-8,13H,9-12,15H2,1-3H3. The van der Waals surface area contributed by atoms with Gasteiger partial charge in [0.1, 0.15) is 5.69 Å². The van der Waals surface area contributed by atoms with Crippen molar-refractivity contribution in [2.75, 3.05) is 32.1 Å². The number of anilines is 1. The maximum absolute atomic E-state index is 13.9. The number of carbonyl (C=O) groups excluding carboxylic acids is 2. The summed E-state index contributed by atoms with van der Waals surface area (Å²) in [5.41, 5.74) is 6.38. The molecule has 5 rings (SSSR count). The van der Waals surface area contributed by atoms with Crippen molar-refractivity contribution < 1.29 is 14.3 Å². The maximum Gasteiger partial charge on any atom is 0.277 e. The highest BCUT2D eigenvalue weighted by Crippen LogP contribution is 2.32. The van der Waals surface area contributed by atoms with Gasteiger partial charge in [0, 0.05) is 44.1 Å². The van der Waals surface area contributed by atoms with Gasteiger partial charge >= 0.3 is 0 Å². The molecule has 0 aliphatic carbocycles. The second-order valence-electron chi connectivity index (χ2n) is 8.71. The SMILES string of the molecule is COCc1nn(-c2cccc(C#N)c2C)c2c1CCN(c1ccc3c(c1)C(=O)N(C)CC3)C2=O. The highest BCUT2D eigenvalue weighted by molar-refractivity contribution is 6.08. The van der Waals surface area contributed by atoms with Crippen molar-refractivity contribution in [1.29, 1.82) is 5.26 Å². The third-order valence-electron chi connectivity index (χ3n) is 6.73. The number of hydrogen-bond acceptors (Lipinski definition) is 5. The number of benzene rings is 2. The fraction of sp³-hybridized carbons (Fsp3) is 0.308. The summed E-state index contributed by atoms with van der Waals surface area (Å²) in [6, 6.07) is 13.3. The first kappa shape index (κ1) is 21.9. The molecule has 0 saturated heterocycles. The smallest absolute Gasteiger partial charge is 0.277 e. The lowest BCUT2D eigenvalue weighted by Gasteiger charge is -2.30. The molecule has 0 N–H and O–H groups in total. The Hall–Kier alpha value is -3.96. The Labute approximate surface area is 198 Å². The third kappa shape index (κ3) is 3.37. The molecular weight excluding hydrogens is 430 g/mol. The van der Waals surface area contributed by atoms with Crippen LogP contribution in [0.5, 0.6) is 0 Å². The maximum atomic E-state index is 13.9. The summed E-state index contributed by atoms with van der Waals surface area (Å²) in [7, 11) is 3.40. The lowest BCUT2D eigenvalue weighted by Crippen LogP contribution is -2.39. The van der Waals surface area contributed by atoms with Crippen LogP contribution in [0.3, 0.4) is 0 Å². The molecule has 2 amide bonds. The summed E-state index contributed by atoms with van der Waals surface area (Å²) in [6.45, 7) is 3.32. The van der Waals surface area contributed by atoms with Crippen molar-refractivity contribution >= 4 is 17.5 Å².